The Kier molecular flexibility index (Phi) is 4.72. The van der Waals surface area contributed by atoms with E-state index < -0.39 is 0 Å². The Morgan fingerprint density at radius 2 is 2.04 bits per heavy atom. The largest absolute Gasteiger partial charge is 0.353 e. The first-order valence-corrected chi connectivity index (χ1v) is 9.84. The molecule has 0 bridgehead atoms. The number of rotatable bonds is 3. The quantitative estimate of drug-likeness (QED) is 0.847. The van der Waals surface area contributed by atoms with Gasteiger partial charge in [0.2, 0.25) is 5.91 Å². The molecule has 1 saturated heterocycles. The van der Waals surface area contributed by atoms with Crippen molar-refractivity contribution in [3.63, 3.8) is 0 Å². The molecule has 5 nitrogen and oxygen atoms in total. The predicted molar refractivity (Wildman–Crippen MR) is 101 cm³/mol. The number of fused-ring (bicyclic) bond motifs is 1. The van der Waals surface area contributed by atoms with Crippen molar-refractivity contribution in [2.75, 3.05) is 44.2 Å². The number of anilines is 1. The lowest BCUT2D eigenvalue weighted by Crippen LogP contribution is -2.52. The van der Waals surface area contributed by atoms with Gasteiger partial charge in [0.1, 0.15) is 5.82 Å². The Balaban J connectivity index is 1.32. The van der Waals surface area contributed by atoms with Crippen molar-refractivity contribution in [3.8, 4) is 0 Å². The van der Waals surface area contributed by atoms with Crippen molar-refractivity contribution < 1.29 is 4.79 Å². The minimum absolute atomic E-state index is 0.256. The van der Waals surface area contributed by atoms with Crippen molar-refractivity contribution in [2.45, 2.75) is 19.4 Å². The topological polar surface area (TPSA) is 39.7 Å². The average molecular weight is 356 g/mol. The van der Waals surface area contributed by atoms with E-state index in [1.54, 1.807) is 0 Å². The van der Waals surface area contributed by atoms with Crippen LogP contribution in [-0.2, 0) is 11.2 Å². The lowest BCUT2D eigenvalue weighted by molar-refractivity contribution is -0.133. The number of pyridine rings is 1. The van der Waals surface area contributed by atoms with Crippen LogP contribution in [-0.4, -0.2) is 60.0 Å². The summed E-state index contributed by atoms with van der Waals surface area (Å²) in [4.78, 5) is 25.2. The molecule has 1 fully saturated rings. The smallest absolute Gasteiger partial charge is 0.236 e. The summed E-state index contributed by atoms with van der Waals surface area (Å²) < 4.78 is 0. The zero-order chi connectivity index (χ0) is 17.2. The highest BCUT2D eigenvalue weighted by Crippen LogP contribution is 2.32. The highest BCUT2D eigenvalue weighted by atomic mass is 32.1. The van der Waals surface area contributed by atoms with Gasteiger partial charge in [0.15, 0.2) is 0 Å². The second-order valence-corrected chi connectivity index (χ2v) is 7.75. The normalized spacial score (nSPS) is 21.2. The molecule has 0 aromatic carbocycles. The highest BCUT2D eigenvalue weighted by Gasteiger charge is 2.29. The van der Waals surface area contributed by atoms with Gasteiger partial charge in [-0.25, -0.2) is 4.98 Å². The SMILES string of the molecule is C[C@H]1c2ccsc2CCN1CC(=O)N1CCN(c2ccccn2)CC1. The Bertz CT molecular complexity index is 724. The van der Waals surface area contributed by atoms with Crippen LogP contribution in [0.1, 0.15) is 23.4 Å². The molecule has 1 atom stereocenters. The van der Waals surface area contributed by atoms with Gasteiger partial charge in [-0.3, -0.25) is 9.69 Å². The third kappa shape index (κ3) is 3.41. The number of hydrogen-bond acceptors (Lipinski definition) is 5. The third-order valence-corrected chi connectivity index (χ3v) is 6.34. The van der Waals surface area contributed by atoms with E-state index in [-0.39, 0.29) is 5.91 Å². The molecule has 2 aromatic rings. The molecule has 4 heterocycles. The maximum atomic E-state index is 12.8. The summed E-state index contributed by atoms with van der Waals surface area (Å²) in [5.74, 6) is 1.26. The van der Waals surface area contributed by atoms with Crippen LogP contribution in [0, 0.1) is 0 Å². The molecule has 2 aliphatic rings. The Hall–Kier alpha value is -1.92. The molecule has 0 spiro atoms. The van der Waals surface area contributed by atoms with E-state index in [1.165, 1.54) is 10.4 Å². The van der Waals surface area contributed by atoms with Gasteiger partial charge in [0.05, 0.1) is 6.54 Å². The number of thiophene rings is 1. The van der Waals surface area contributed by atoms with Crippen molar-refractivity contribution in [2.24, 2.45) is 0 Å². The minimum Gasteiger partial charge on any atom is -0.353 e. The number of piperazine rings is 1. The van der Waals surface area contributed by atoms with E-state index in [9.17, 15) is 4.79 Å². The summed E-state index contributed by atoms with van der Waals surface area (Å²) in [6.07, 6.45) is 2.89. The molecule has 0 aliphatic carbocycles. The maximum Gasteiger partial charge on any atom is 0.236 e. The van der Waals surface area contributed by atoms with Crippen LogP contribution >= 0.6 is 11.3 Å². The minimum atomic E-state index is 0.256. The zero-order valence-corrected chi connectivity index (χ0v) is 15.4. The van der Waals surface area contributed by atoms with Crippen molar-refractivity contribution in [1.29, 1.82) is 0 Å². The van der Waals surface area contributed by atoms with Crippen LogP contribution in [0.4, 0.5) is 5.82 Å². The standard InChI is InChI=1S/C19H24N4OS/c1-15-16-6-13-25-17(16)5-8-23(15)14-19(24)22-11-9-21(10-12-22)18-4-2-3-7-20-18/h2-4,6-7,13,15H,5,8-12,14H2,1H3/t15-/m0/s1. The molecule has 0 radical (unpaired) electrons. The lowest BCUT2D eigenvalue weighted by atomic mass is 10.0. The summed E-state index contributed by atoms with van der Waals surface area (Å²) in [5, 5.41) is 2.17. The third-order valence-electron chi connectivity index (χ3n) is 5.35. The molecular weight excluding hydrogens is 332 g/mol. The van der Waals surface area contributed by atoms with Crippen molar-refractivity contribution in [1.82, 2.24) is 14.8 Å². The molecular formula is C19H24N4OS. The van der Waals surface area contributed by atoms with Crippen LogP contribution < -0.4 is 4.90 Å². The first kappa shape index (κ1) is 16.5. The van der Waals surface area contributed by atoms with E-state index in [2.05, 4.69) is 33.2 Å². The van der Waals surface area contributed by atoms with Crippen LogP contribution in [0.2, 0.25) is 0 Å². The van der Waals surface area contributed by atoms with E-state index in [1.807, 2.05) is 40.6 Å². The number of carbonyl (C=O) groups is 1. The van der Waals surface area contributed by atoms with Crippen LogP contribution in [0.15, 0.2) is 35.8 Å². The Labute approximate surface area is 152 Å². The molecule has 2 aliphatic heterocycles. The van der Waals surface area contributed by atoms with Crippen LogP contribution in [0.25, 0.3) is 0 Å². The van der Waals surface area contributed by atoms with E-state index in [4.69, 9.17) is 0 Å². The summed E-state index contributed by atoms with van der Waals surface area (Å²) in [5.41, 5.74) is 1.41. The van der Waals surface area contributed by atoms with E-state index in [0.29, 0.717) is 12.6 Å². The number of hydrogen-bond donors (Lipinski definition) is 0. The van der Waals surface area contributed by atoms with Gasteiger partial charge in [0.25, 0.3) is 0 Å². The fourth-order valence-corrected chi connectivity index (χ4v) is 4.74. The van der Waals surface area contributed by atoms with Gasteiger partial charge >= 0.3 is 0 Å². The van der Waals surface area contributed by atoms with Gasteiger partial charge < -0.3 is 9.80 Å². The second-order valence-electron chi connectivity index (χ2n) is 6.75. The molecule has 25 heavy (non-hydrogen) atoms. The summed E-state index contributed by atoms with van der Waals surface area (Å²) in [6.45, 7) is 6.99. The molecule has 4 rings (SSSR count). The van der Waals surface area contributed by atoms with Crippen molar-refractivity contribution >= 4 is 23.1 Å². The molecule has 1 amide bonds. The number of amides is 1. The molecule has 0 saturated carbocycles. The molecule has 0 N–H and O–H groups in total. The van der Waals surface area contributed by atoms with Gasteiger partial charge in [-0.15, -0.1) is 11.3 Å². The summed E-state index contributed by atoms with van der Waals surface area (Å²) in [6, 6.07) is 8.53. The first-order chi connectivity index (χ1) is 12.2. The zero-order valence-electron chi connectivity index (χ0n) is 14.6. The van der Waals surface area contributed by atoms with E-state index in [0.717, 1.165) is 45.0 Å². The number of aromatic nitrogens is 1. The molecule has 132 valence electrons. The average Bonchev–Trinajstić information content (AvgIpc) is 3.14. The lowest BCUT2D eigenvalue weighted by Gasteiger charge is -2.38. The molecule has 6 heteroatoms. The van der Waals surface area contributed by atoms with Crippen molar-refractivity contribution in [3.05, 3.63) is 46.3 Å². The highest BCUT2D eigenvalue weighted by molar-refractivity contribution is 7.10. The van der Waals surface area contributed by atoms with Crippen LogP contribution in [0.5, 0.6) is 0 Å². The molecule has 2 aromatic heterocycles. The van der Waals surface area contributed by atoms with Gasteiger partial charge in [-0.2, -0.15) is 0 Å². The van der Waals surface area contributed by atoms with E-state index >= 15 is 0 Å². The fraction of sp³-hybridized carbons (Fsp3) is 0.474. The van der Waals surface area contributed by atoms with Gasteiger partial charge in [-0.1, -0.05) is 6.07 Å². The monoisotopic (exact) mass is 356 g/mol. The summed E-state index contributed by atoms with van der Waals surface area (Å²) in [7, 11) is 0. The maximum absolute atomic E-state index is 12.8. The fourth-order valence-electron chi connectivity index (χ4n) is 3.78. The van der Waals surface area contributed by atoms with Gasteiger partial charge in [0, 0.05) is 49.8 Å². The van der Waals surface area contributed by atoms with Crippen LogP contribution in [0.3, 0.4) is 0 Å². The summed E-state index contributed by atoms with van der Waals surface area (Å²) >= 11 is 1.84. The molecule has 0 unspecified atom stereocenters. The Morgan fingerprint density at radius 1 is 1.20 bits per heavy atom. The predicted octanol–water partition coefficient (Wildman–Crippen LogP) is 2.41. The number of carbonyl (C=O) groups excluding carboxylic acids is 1. The second kappa shape index (κ2) is 7.14. The first-order valence-electron chi connectivity index (χ1n) is 8.96. The number of nitrogens with zero attached hydrogens (tertiary/aromatic N) is 4. The Morgan fingerprint density at radius 3 is 2.80 bits per heavy atom. The van der Waals surface area contributed by atoms with Gasteiger partial charge in [-0.05, 0) is 42.5 Å².